The van der Waals surface area contributed by atoms with Crippen LogP contribution in [0.3, 0.4) is 0 Å². The van der Waals surface area contributed by atoms with Crippen LogP contribution >= 0.6 is 11.6 Å². The average Bonchev–Trinajstić information content (AvgIpc) is 2.76. The van der Waals surface area contributed by atoms with Gasteiger partial charge in [0.25, 0.3) is 5.92 Å². The lowest BCUT2D eigenvalue weighted by atomic mass is 9.99. The maximum Gasteiger partial charge on any atom is 0.299 e. The van der Waals surface area contributed by atoms with E-state index >= 15 is 0 Å². The SMILES string of the molecule is FC1(F)c2cc(Cl)ccc2-c2ccc(-c3cccnc3)cc21. The minimum absolute atomic E-state index is 0.0196. The van der Waals surface area contributed by atoms with Crippen LogP contribution in [0.2, 0.25) is 5.02 Å². The fourth-order valence-corrected chi connectivity index (χ4v) is 3.08. The second kappa shape index (κ2) is 4.62. The molecule has 0 amide bonds. The number of halogens is 3. The Morgan fingerprint density at radius 2 is 1.59 bits per heavy atom. The molecule has 1 aliphatic carbocycles. The third-order valence-corrected chi connectivity index (χ3v) is 4.20. The highest BCUT2D eigenvalue weighted by molar-refractivity contribution is 6.30. The van der Waals surface area contributed by atoms with E-state index in [1.807, 2.05) is 12.1 Å². The molecule has 1 nitrogen and oxygen atoms in total. The summed E-state index contributed by atoms with van der Waals surface area (Å²) in [6, 6.07) is 13.4. The van der Waals surface area contributed by atoms with Gasteiger partial charge in [0.2, 0.25) is 0 Å². The summed E-state index contributed by atoms with van der Waals surface area (Å²) in [5.74, 6) is -3.03. The van der Waals surface area contributed by atoms with Crippen LogP contribution in [0.25, 0.3) is 22.3 Å². The van der Waals surface area contributed by atoms with Crippen LogP contribution in [0.5, 0.6) is 0 Å². The average molecular weight is 314 g/mol. The first-order valence-corrected chi connectivity index (χ1v) is 7.18. The fraction of sp³-hybridized carbons (Fsp3) is 0.0556. The van der Waals surface area contributed by atoms with Crippen LogP contribution in [0, 0.1) is 0 Å². The molecule has 0 bridgehead atoms. The molecule has 4 heteroatoms. The number of hydrogen-bond donors (Lipinski definition) is 0. The molecule has 0 saturated carbocycles. The van der Waals surface area contributed by atoms with Crippen molar-refractivity contribution in [3.8, 4) is 22.3 Å². The lowest BCUT2D eigenvalue weighted by molar-refractivity contribution is 0.0480. The standard InChI is InChI=1S/C18H10ClF2N/c19-13-4-6-15-14-5-3-11(12-2-1-7-22-10-12)8-16(14)18(20,21)17(15)9-13/h1-10H. The molecule has 4 rings (SSSR count). The molecule has 0 N–H and O–H groups in total. The van der Waals surface area contributed by atoms with E-state index in [1.165, 1.54) is 6.07 Å². The smallest absolute Gasteiger partial charge is 0.264 e. The van der Waals surface area contributed by atoms with Crippen molar-refractivity contribution in [1.29, 1.82) is 0 Å². The molecule has 108 valence electrons. The maximum absolute atomic E-state index is 14.7. The Morgan fingerprint density at radius 1 is 0.864 bits per heavy atom. The van der Waals surface area contributed by atoms with E-state index in [9.17, 15) is 8.78 Å². The van der Waals surface area contributed by atoms with Gasteiger partial charge in [-0.05, 0) is 41.0 Å². The van der Waals surface area contributed by atoms with E-state index in [1.54, 1.807) is 42.7 Å². The Kier molecular flexibility index (Phi) is 2.81. The Hall–Kier alpha value is -2.26. The van der Waals surface area contributed by atoms with Gasteiger partial charge in [-0.3, -0.25) is 4.98 Å². The normalized spacial score (nSPS) is 14.5. The van der Waals surface area contributed by atoms with Gasteiger partial charge in [-0.25, -0.2) is 0 Å². The molecule has 1 heterocycles. The number of nitrogens with zero attached hydrogens (tertiary/aromatic N) is 1. The van der Waals surface area contributed by atoms with Crippen molar-refractivity contribution in [3.05, 3.63) is 77.1 Å². The zero-order chi connectivity index (χ0) is 15.3. The van der Waals surface area contributed by atoms with Crippen LogP contribution in [0.4, 0.5) is 8.78 Å². The van der Waals surface area contributed by atoms with Crippen molar-refractivity contribution in [3.63, 3.8) is 0 Å². The van der Waals surface area contributed by atoms with Crippen LogP contribution in [0.1, 0.15) is 11.1 Å². The second-order valence-electron chi connectivity index (χ2n) is 5.27. The van der Waals surface area contributed by atoms with Gasteiger partial charge in [0.15, 0.2) is 0 Å². The van der Waals surface area contributed by atoms with Crippen LogP contribution in [-0.4, -0.2) is 4.98 Å². The first-order valence-electron chi connectivity index (χ1n) is 6.80. The second-order valence-corrected chi connectivity index (χ2v) is 5.70. The number of alkyl halides is 2. The number of fused-ring (bicyclic) bond motifs is 3. The molecule has 0 atom stereocenters. The monoisotopic (exact) mass is 313 g/mol. The summed E-state index contributed by atoms with van der Waals surface area (Å²) >= 11 is 5.88. The summed E-state index contributed by atoms with van der Waals surface area (Å²) in [4.78, 5) is 4.04. The molecule has 0 saturated heterocycles. The highest BCUT2D eigenvalue weighted by atomic mass is 35.5. The third-order valence-electron chi connectivity index (χ3n) is 3.96. The lowest BCUT2D eigenvalue weighted by Gasteiger charge is -2.13. The predicted molar refractivity (Wildman–Crippen MR) is 83.1 cm³/mol. The van der Waals surface area contributed by atoms with Crippen molar-refractivity contribution in [2.45, 2.75) is 5.92 Å². The quantitative estimate of drug-likeness (QED) is 0.576. The Bertz CT molecular complexity index is 876. The largest absolute Gasteiger partial charge is 0.299 e. The zero-order valence-corrected chi connectivity index (χ0v) is 12.1. The first kappa shape index (κ1) is 13.4. The van der Waals surface area contributed by atoms with Crippen LogP contribution in [-0.2, 0) is 5.92 Å². The molecular weight excluding hydrogens is 304 g/mol. The van der Waals surface area contributed by atoms with Crippen molar-refractivity contribution < 1.29 is 8.78 Å². The topological polar surface area (TPSA) is 12.9 Å². The van der Waals surface area contributed by atoms with Gasteiger partial charge in [-0.2, -0.15) is 8.78 Å². The maximum atomic E-state index is 14.7. The van der Waals surface area contributed by atoms with E-state index in [4.69, 9.17) is 11.6 Å². The molecule has 0 radical (unpaired) electrons. The number of rotatable bonds is 1. The van der Waals surface area contributed by atoms with E-state index in [2.05, 4.69) is 4.98 Å². The van der Waals surface area contributed by atoms with Gasteiger partial charge in [-0.1, -0.05) is 35.9 Å². The summed E-state index contributed by atoms with van der Waals surface area (Å²) in [5.41, 5.74) is 2.64. The molecule has 22 heavy (non-hydrogen) atoms. The van der Waals surface area contributed by atoms with Crippen molar-refractivity contribution in [2.75, 3.05) is 0 Å². The Balaban J connectivity index is 1.93. The minimum atomic E-state index is -3.03. The molecule has 0 spiro atoms. The van der Waals surface area contributed by atoms with Crippen molar-refractivity contribution in [1.82, 2.24) is 4.98 Å². The molecule has 0 aliphatic heterocycles. The molecule has 3 aromatic rings. The summed E-state index contributed by atoms with van der Waals surface area (Å²) in [7, 11) is 0. The van der Waals surface area contributed by atoms with Crippen molar-refractivity contribution >= 4 is 11.6 Å². The van der Waals surface area contributed by atoms with Gasteiger partial charge in [0.05, 0.1) is 0 Å². The highest BCUT2D eigenvalue weighted by Crippen LogP contribution is 2.52. The third kappa shape index (κ3) is 1.86. The van der Waals surface area contributed by atoms with Crippen LogP contribution in [0.15, 0.2) is 60.9 Å². The molecule has 0 unspecified atom stereocenters. The summed E-state index contributed by atoms with van der Waals surface area (Å²) < 4.78 is 29.5. The lowest BCUT2D eigenvalue weighted by Crippen LogP contribution is -2.11. The summed E-state index contributed by atoms with van der Waals surface area (Å²) in [6.45, 7) is 0. The predicted octanol–water partition coefficient (Wildman–Crippen LogP) is 5.52. The fourth-order valence-electron chi connectivity index (χ4n) is 2.91. The molecule has 1 aliphatic rings. The van der Waals surface area contributed by atoms with Gasteiger partial charge >= 0.3 is 0 Å². The first-order chi connectivity index (χ1) is 10.6. The Morgan fingerprint density at radius 3 is 2.32 bits per heavy atom. The van der Waals surface area contributed by atoms with Crippen molar-refractivity contribution in [2.24, 2.45) is 0 Å². The number of pyridine rings is 1. The molecule has 0 fully saturated rings. The summed E-state index contributed by atoms with van der Waals surface area (Å²) in [5, 5.41) is 0.318. The van der Waals surface area contributed by atoms with E-state index in [0.29, 0.717) is 16.1 Å². The van der Waals surface area contributed by atoms with E-state index in [-0.39, 0.29) is 11.1 Å². The van der Waals surface area contributed by atoms with Gasteiger partial charge in [-0.15, -0.1) is 0 Å². The number of hydrogen-bond acceptors (Lipinski definition) is 1. The molecular formula is C18H10ClF2N. The highest BCUT2D eigenvalue weighted by Gasteiger charge is 2.44. The van der Waals surface area contributed by atoms with Gasteiger partial charge < -0.3 is 0 Å². The number of aromatic nitrogens is 1. The van der Waals surface area contributed by atoms with E-state index in [0.717, 1.165) is 11.1 Å². The molecule has 2 aromatic carbocycles. The van der Waals surface area contributed by atoms with E-state index < -0.39 is 5.92 Å². The van der Waals surface area contributed by atoms with Gasteiger partial charge in [0.1, 0.15) is 0 Å². The molecule has 1 aromatic heterocycles. The summed E-state index contributed by atoms with van der Waals surface area (Å²) in [6.07, 6.45) is 3.32. The zero-order valence-electron chi connectivity index (χ0n) is 11.4. The van der Waals surface area contributed by atoms with Crippen LogP contribution < -0.4 is 0 Å². The number of benzene rings is 2. The minimum Gasteiger partial charge on any atom is -0.264 e. The van der Waals surface area contributed by atoms with Gasteiger partial charge in [0, 0.05) is 34.1 Å². The Labute approximate surface area is 131 Å².